The zero-order valence-corrected chi connectivity index (χ0v) is 13.2. The Morgan fingerprint density at radius 3 is 2.91 bits per heavy atom. The van der Waals surface area contributed by atoms with E-state index in [4.69, 9.17) is 0 Å². The molecule has 0 aliphatic rings. The van der Waals surface area contributed by atoms with E-state index in [9.17, 15) is 0 Å². The van der Waals surface area contributed by atoms with Gasteiger partial charge in [-0.1, -0.05) is 12.1 Å². The molecule has 1 aromatic carbocycles. The number of thiophene rings is 1. The van der Waals surface area contributed by atoms with E-state index in [1.54, 1.807) is 17.7 Å². The number of imidazole rings is 1. The predicted octanol–water partition coefficient (Wildman–Crippen LogP) is 3.80. The monoisotopic (exact) mass is 309 g/mol. The van der Waals surface area contributed by atoms with E-state index in [-0.39, 0.29) is 0 Å². The molecule has 0 amide bonds. The average Bonchev–Trinajstić information content (AvgIpc) is 3.07. The Morgan fingerprint density at radius 2 is 2.05 bits per heavy atom. The van der Waals surface area contributed by atoms with E-state index in [1.165, 1.54) is 10.4 Å². The third-order valence-electron chi connectivity index (χ3n) is 3.83. The van der Waals surface area contributed by atoms with Crippen molar-refractivity contribution in [3.63, 3.8) is 0 Å². The molecular weight excluding hydrogens is 294 g/mol. The number of rotatable bonds is 3. The van der Waals surface area contributed by atoms with Crippen molar-refractivity contribution < 1.29 is 0 Å². The molecule has 6 heteroatoms. The lowest BCUT2D eigenvalue weighted by Gasteiger charge is -2.05. The Balaban J connectivity index is 1.66. The molecule has 4 rings (SSSR count). The highest BCUT2D eigenvalue weighted by molar-refractivity contribution is 7.18. The summed E-state index contributed by atoms with van der Waals surface area (Å²) >= 11 is 1.70. The van der Waals surface area contributed by atoms with Crippen molar-refractivity contribution in [2.45, 2.75) is 20.4 Å². The lowest BCUT2D eigenvalue weighted by atomic mass is 10.2. The third-order valence-corrected chi connectivity index (χ3v) is 4.94. The number of fused-ring (bicyclic) bond motifs is 2. The number of aromatic amines is 1. The van der Waals surface area contributed by atoms with E-state index in [0.717, 1.165) is 32.9 Å². The second-order valence-corrected chi connectivity index (χ2v) is 6.44. The van der Waals surface area contributed by atoms with Gasteiger partial charge in [0.2, 0.25) is 0 Å². The second kappa shape index (κ2) is 5.06. The normalized spacial score (nSPS) is 11.4. The Morgan fingerprint density at radius 1 is 1.18 bits per heavy atom. The smallest absolute Gasteiger partial charge is 0.138 e. The van der Waals surface area contributed by atoms with Crippen LogP contribution in [0.1, 0.15) is 16.3 Å². The maximum Gasteiger partial charge on any atom is 0.138 e. The predicted molar refractivity (Wildman–Crippen MR) is 90.3 cm³/mol. The van der Waals surface area contributed by atoms with Gasteiger partial charge in [-0.3, -0.25) is 0 Å². The fourth-order valence-electron chi connectivity index (χ4n) is 2.57. The first kappa shape index (κ1) is 13.2. The number of H-pyrrole nitrogens is 1. The first-order chi connectivity index (χ1) is 10.7. The minimum absolute atomic E-state index is 0.606. The van der Waals surface area contributed by atoms with E-state index in [2.05, 4.69) is 39.1 Å². The van der Waals surface area contributed by atoms with Crippen molar-refractivity contribution in [3.8, 4) is 0 Å². The molecule has 0 unspecified atom stereocenters. The molecule has 3 aromatic heterocycles. The summed E-state index contributed by atoms with van der Waals surface area (Å²) in [6, 6.07) is 8.03. The van der Waals surface area contributed by atoms with Crippen LogP contribution in [0.3, 0.4) is 0 Å². The van der Waals surface area contributed by atoms with Crippen molar-refractivity contribution in [3.05, 3.63) is 46.9 Å². The number of nitrogens with zero attached hydrogens (tertiary/aromatic N) is 3. The Hall–Kier alpha value is -2.47. The number of para-hydroxylation sites is 2. The van der Waals surface area contributed by atoms with Crippen LogP contribution in [0.4, 0.5) is 5.82 Å². The molecule has 0 radical (unpaired) electrons. The SMILES string of the molecule is Cc1sc2ncnc(NCc3nc4ccccc4[nH]3)c2c1C. The summed E-state index contributed by atoms with van der Waals surface area (Å²) < 4.78 is 0. The summed E-state index contributed by atoms with van der Waals surface area (Å²) in [6.45, 7) is 4.84. The highest BCUT2D eigenvalue weighted by Gasteiger charge is 2.12. The number of nitrogens with one attached hydrogen (secondary N) is 2. The van der Waals surface area contributed by atoms with Gasteiger partial charge in [0.25, 0.3) is 0 Å². The van der Waals surface area contributed by atoms with Crippen molar-refractivity contribution in [1.82, 2.24) is 19.9 Å². The van der Waals surface area contributed by atoms with E-state index >= 15 is 0 Å². The van der Waals surface area contributed by atoms with Gasteiger partial charge < -0.3 is 10.3 Å². The summed E-state index contributed by atoms with van der Waals surface area (Å²) in [5, 5.41) is 4.49. The minimum atomic E-state index is 0.606. The van der Waals surface area contributed by atoms with Crippen LogP contribution < -0.4 is 5.32 Å². The lowest BCUT2D eigenvalue weighted by Crippen LogP contribution is -2.03. The first-order valence-electron chi connectivity index (χ1n) is 7.10. The van der Waals surface area contributed by atoms with Gasteiger partial charge in [0.05, 0.1) is 23.0 Å². The zero-order chi connectivity index (χ0) is 15.1. The summed E-state index contributed by atoms with van der Waals surface area (Å²) in [5.74, 6) is 1.77. The average molecular weight is 309 g/mol. The second-order valence-electron chi connectivity index (χ2n) is 5.24. The summed E-state index contributed by atoms with van der Waals surface area (Å²) in [6.07, 6.45) is 1.61. The van der Waals surface area contributed by atoms with Gasteiger partial charge in [0.15, 0.2) is 0 Å². The fraction of sp³-hybridized carbons (Fsp3) is 0.188. The first-order valence-corrected chi connectivity index (χ1v) is 7.92. The van der Waals surface area contributed by atoms with E-state index in [0.29, 0.717) is 6.54 Å². The van der Waals surface area contributed by atoms with Crippen molar-refractivity contribution in [2.24, 2.45) is 0 Å². The van der Waals surface area contributed by atoms with Crippen LogP contribution in [0.15, 0.2) is 30.6 Å². The molecule has 0 atom stereocenters. The van der Waals surface area contributed by atoms with Crippen molar-refractivity contribution >= 4 is 38.4 Å². The van der Waals surface area contributed by atoms with Crippen LogP contribution in [0.25, 0.3) is 21.3 Å². The molecule has 0 spiro atoms. The Labute approximate surface area is 131 Å². The topological polar surface area (TPSA) is 66.5 Å². The number of anilines is 1. The molecule has 0 saturated carbocycles. The number of hydrogen-bond acceptors (Lipinski definition) is 5. The number of aromatic nitrogens is 4. The summed E-state index contributed by atoms with van der Waals surface area (Å²) in [4.78, 5) is 19.0. The highest BCUT2D eigenvalue weighted by Crippen LogP contribution is 2.32. The van der Waals surface area contributed by atoms with Gasteiger partial charge in [-0.25, -0.2) is 15.0 Å². The number of aryl methyl sites for hydroxylation is 2. The third kappa shape index (κ3) is 2.12. The minimum Gasteiger partial charge on any atom is -0.362 e. The van der Waals surface area contributed by atoms with Crippen LogP contribution in [-0.2, 0) is 6.54 Å². The number of hydrogen-bond donors (Lipinski definition) is 2. The van der Waals surface area contributed by atoms with Gasteiger partial charge in [-0.15, -0.1) is 11.3 Å². The molecule has 0 saturated heterocycles. The van der Waals surface area contributed by atoms with Crippen LogP contribution in [0.5, 0.6) is 0 Å². The molecule has 5 nitrogen and oxygen atoms in total. The maximum absolute atomic E-state index is 4.58. The zero-order valence-electron chi connectivity index (χ0n) is 12.3. The van der Waals surface area contributed by atoms with Gasteiger partial charge in [0, 0.05) is 4.88 Å². The van der Waals surface area contributed by atoms with E-state index < -0.39 is 0 Å². The molecule has 0 bridgehead atoms. The molecule has 3 heterocycles. The Kier molecular flexibility index (Phi) is 3.04. The van der Waals surface area contributed by atoms with E-state index in [1.807, 2.05) is 24.3 Å². The van der Waals surface area contributed by atoms with Crippen LogP contribution in [0.2, 0.25) is 0 Å². The number of benzene rings is 1. The lowest BCUT2D eigenvalue weighted by molar-refractivity contribution is 0.998. The quantitative estimate of drug-likeness (QED) is 0.604. The van der Waals surface area contributed by atoms with Gasteiger partial charge in [-0.2, -0.15) is 0 Å². The largest absolute Gasteiger partial charge is 0.362 e. The summed E-state index contributed by atoms with van der Waals surface area (Å²) in [5.41, 5.74) is 3.28. The molecule has 0 aliphatic heterocycles. The van der Waals surface area contributed by atoms with Crippen LogP contribution >= 0.6 is 11.3 Å². The van der Waals surface area contributed by atoms with Crippen LogP contribution in [0, 0.1) is 13.8 Å². The molecule has 4 aromatic rings. The van der Waals surface area contributed by atoms with Gasteiger partial charge >= 0.3 is 0 Å². The molecular formula is C16H15N5S. The molecule has 22 heavy (non-hydrogen) atoms. The van der Waals surface area contributed by atoms with Crippen molar-refractivity contribution in [1.29, 1.82) is 0 Å². The molecule has 110 valence electrons. The molecule has 2 N–H and O–H groups in total. The highest BCUT2D eigenvalue weighted by atomic mass is 32.1. The molecule has 0 aliphatic carbocycles. The van der Waals surface area contributed by atoms with Crippen molar-refractivity contribution in [2.75, 3.05) is 5.32 Å². The fourth-order valence-corrected chi connectivity index (χ4v) is 3.57. The maximum atomic E-state index is 4.58. The Bertz CT molecular complexity index is 936. The summed E-state index contributed by atoms with van der Waals surface area (Å²) in [7, 11) is 0. The standard InChI is InChI=1S/C16H15N5S/c1-9-10(2)22-16-14(9)15(18-8-19-16)17-7-13-20-11-5-3-4-6-12(11)21-13/h3-6,8H,7H2,1-2H3,(H,20,21)(H,17,18,19). The van der Waals surface area contributed by atoms with Crippen LogP contribution in [-0.4, -0.2) is 19.9 Å². The molecule has 0 fully saturated rings. The van der Waals surface area contributed by atoms with Gasteiger partial charge in [-0.05, 0) is 31.5 Å². The van der Waals surface area contributed by atoms with Gasteiger partial charge in [0.1, 0.15) is 22.8 Å².